The van der Waals surface area contributed by atoms with Gasteiger partial charge < -0.3 is 36.5 Å². The van der Waals surface area contributed by atoms with Gasteiger partial charge in [-0.2, -0.15) is 0 Å². The maximum Gasteiger partial charge on any atom is 0.227 e. The molecule has 6 heterocycles. The van der Waals surface area contributed by atoms with E-state index in [-0.39, 0.29) is 0 Å². The van der Waals surface area contributed by atoms with Crippen molar-refractivity contribution in [1.29, 1.82) is 0 Å². The number of aromatic nitrogens is 5. The van der Waals surface area contributed by atoms with Crippen molar-refractivity contribution in [2.24, 2.45) is 0 Å². The van der Waals surface area contributed by atoms with Gasteiger partial charge in [0.2, 0.25) is 23.6 Å². The predicted octanol–water partition coefficient (Wildman–Crippen LogP) is 22.5. The first-order chi connectivity index (χ1) is 46.5. The number of benzene rings is 13. The van der Waals surface area contributed by atoms with Crippen LogP contribution in [0.15, 0.2) is 319 Å². The number of fused-ring (bicyclic) bond motifs is 10. The van der Waals surface area contributed by atoms with Crippen LogP contribution in [0.5, 0.6) is 0 Å². The second kappa shape index (κ2) is 21.3. The normalized spacial score (nSPS) is 11.8. The molecule has 0 unspecified atom stereocenters. The highest BCUT2D eigenvalue weighted by atomic mass is 16.4. The molecule has 0 fully saturated rings. The quantitative estimate of drug-likeness (QED) is 0.116. The van der Waals surface area contributed by atoms with Crippen LogP contribution in [0.3, 0.4) is 0 Å². The Morgan fingerprint density at radius 2 is 0.606 bits per heavy atom. The van der Waals surface area contributed by atoms with Crippen LogP contribution in [0.2, 0.25) is 0 Å². The van der Waals surface area contributed by atoms with Crippen LogP contribution < -0.4 is 9.80 Å². The molecular weight excluding hydrogens is 1160 g/mol. The summed E-state index contributed by atoms with van der Waals surface area (Å²) in [5.74, 6) is 2.05. The number of rotatable bonds is 12. The maximum absolute atomic E-state index is 6.52. The molecule has 19 aromatic rings. The topological polar surface area (TPSA) is 129 Å². The van der Waals surface area contributed by atoms with Gasteiger partial charge in [0.05, 0.1) is 11.0 Å². The number of para-hydroxylation sites is 5. The Morgan fingerprint density at radius 3 is 1.14 bits per heavy atom. The molecule has 0 aliphatic carbocycles. The first-order valence-corrected chi connectivity index (χ1v) is 31.1. The first-order valence-electron chi connectivity index (χ1n) is 31.1. The lowest BCUT2D eigenvalue weighted by Gasteiger charge is -2.25. The summed E-state index contributed by atoms with van der Waals surface area (Å²) in [6, 6.07) is 102. The van der Waals surface area contributed by atoms with Crippen LogP contribution in [0.25, 0.3) is 151 Å². The van der Waals surface area contributed by atoms with Crippen molar-refractivity contribution in [3.63, 3.8) is 0 Å². The minimum absolute atomic E-state index is 0.492. The van der Waals surface area contributed by atoms with Crippen LogP contribution >= 0.6 is 0 Å². The van der Waals surface area contributed by atoms with E-state index in [9.17, 15) is 0 Å². The van der Waals surface area contributed by atoms with Gasteiger partial charge in [0, 0.05) is 83.6 Å². The van der Waals surface area contributed by atoms with Crippen LogP contribution in [-0.4, -0.2) is 24.5 Å². The molecule has 0 radical (unpaired) electrons. The van der Waals surface area contributed by atoms with Gasteiger partial charge in [-0.3, -0.25) is 0 Å². The second-order valence-electron chi connectivity index (χ2n) is 23.4. The van der Waals surface area contributed by atoms with Gasteiger partial charge in [-0.15, -0.1) is 0 Å². The van der Waals surface area contributed by atoms with E-state index in [1.54, 1.807) is 0 Å². The van der Waals surface area contributed by atoms with Crippen molar-refractivity contribution in [3.8, 4) is 62.6 Å². The summed E-state index contributed by atoms with van der Waals surface area (Å²) >= 11 is 0. The standard InChI is InChI=1S/C82H49N7O5/c1-5-15-56(16-6-1)87(57-17-7-2-8-18-57)61-34-41-77-69(48-61)85-81(93-77)54-30-39-75-67(45-54)83-79(91-75)52-28-37-71-65(43-52)63-36-27-51(47-72(63)89(71)59-21-11-4-12-22-59)50-25-32-60(33-26-50)88(58-19-9-3-10-20-58)62-35-42-78-70(49-62)86-82(94-78)55-31-40-76-68(46-55)84-80(92-76)53-29-38-74-66(44-53)64-23-13-14-24-73(64)90-74/h1-49H. The predicted molar refractivity (Wildman–Crippen MR) is 375 cm³/mol. The summed E-state index contributed by atoms with van der Waals surface area (Å²) in [7, 11) is 0. The highest BCUT2D eigenvalue weighted by Gasteiger charge is 2.22. The van der Waals surface area contributed by atoms with Crippen molar-refractivity contribution in [3.05, 3.63) is 297 Å². The molecule has 6 aromatic heterocycles. The smallest absolute Gasteiger partial charge is 0.227 e. The molecule has 12 heteroatoms. The summed E-state index contributed by atoms with van der Waals surface area (Å²) in [5, 5.41) is 4.26. The van der Waals surface area contributed by atoms with Gasteiger partial charge in [0.1, 0.15) is 33.2 Å². The summed E-state index contributed by atoms with van der Waals surface area (Å²) in [4.78, 5) is 24.5. The molecule has 0 aliphatic rings. The van der Waals surface area contributed by atoms with Gasteiger partial charge in [-0.25, -0.2) is 19.9 Å². The highest BCUT2D eigenvalue weighted by Crippen LogP contribution is 2.43. The fourth-order valence-corrected chi connectivity index (χ4v) is 13.2. The number of nitrogens with zero attached hydrogens (tertiary/aromatic N) is 7. The van der Waals surface area contributed by atoms with Crippen LogP contribution in [0, 0.1) is 0 Å². The van der Waals surface area contributed by atoms with Gasteiger partial charge in [-0.05, 0) is 193 Å². The van der Waals surface area contributed by atoms with E-state index >= 15 is 0 Å². The molecule has 94 heavy (non-hydrogen) atoms. The Bertz CT molecular complexity index is 6090. The number of anilines is 6. The third-order valence-corrected chi connectivity index (χ3v) is 17.7. The molecule has 0 N–H and O–H groups in total. The largest absolute Gasteiger partial charge is 0.456 e. The number of oxazole rings is 4. The molecule has 0 saturated carbocycles. The molecule has 0 atom stereocenters. The Hall–Kier alpha value is -13.1. The fraction of sp³-hybridized carbons (Fsp3) is 0. The van der Waals surface area contributed by atoms with Crippen molar-refractivity contribution >= 4 is 122 Å². The molecule has 0 saturated heterocycles. The zero-order valence-corrected chi connectivity index (χ0v) is 50.0. The molecule has 0 spiro atoms. The number of hydrogen-bond acceptors (Lipinski definition) is 11. The summed E-state index contributed by atoms with van der Waals surface area (Å²) in [6.07, 6.45) is 0. The molecule has 12 nitrogen and oxygen atoms in total. The average Bonchev–Trinajstić information content (AvgIpc) is 1.61. The van der Waals surface area contributed by atoms with E-state index in [4.69, 9.17) is 42.0 Å². The SMILES string of the molecule is c1ccc(N(c2ccc(-c3ccc4c5cc(-c6nc7cc(-c8nc9cc(N(c%10ccccc%10)c%10ccccc%10)ccc9o8)ccc7o6)ccc5n(-c5ccccc5)c4c3)cc2)c2ccc3oc(-c4ccc5oc(-c6ccc7oc8ccccc8c7c6)nc5c4)nc3c2)cc1. The lowest BCUT2D eigenvalue weighted by atomic mass is 10.0. The Labute approximate surface area is 535 Å². The summed E-state index contributed by atoms with van der Waals surface area (Å²) in [5.41, 5.74) is 22.0. The minimum atomic E-state index is 0.492. The Kier molecular flexibility index (Phi) is 12.0. The molecule has 13 aromatic carbocycles. The lowest BCUT2D eigenvalue weighted by Crippen LogP contribution is -2.09. The second-order valence-corrected chi connectivity index (χ2v) is 23.4. The average molecular weight is 1210 g/mol. The molecule has 19 rings (SSSR count). The van der Waals surface area contributed by atoms with Gasteiger partial charge in [0.15, 0.2) is 22.3 Å². The zero-order chi connectivity index (χ0) is 61.8. The zero-order valence-electron chi connectivity index (χ0n) is 50.0. The first kappa shape index (κ1) is 52.8. The van der Waals surface area contributed by atoms with E-state index in [2.05, 4.69) is 190 Å². The van der Waals surface area contributed by atoms with E-state index in [1.165, 1.54) is 0 Å². The third-order valence-electron chi connectivity index (χ3n) is 17.7. The van der Waals surface area contributed by atoms with Gasteiger partial charge >= 0.3 is 0 Å². The van der Waals surface area contributed by atoms with Crippen molar-refractivity contribution in [2.75, 3.05) is 9.80 Å². The third kappa shape index (κ3) is 8.99. The van der Waals surface area contributed by atoms with Crippen molar-refractivity contribution in [1.82, 2.24) is 24.5 Å². The fourth-order valence-electron chi connectivity index (χ4n) is 13.2. The van der Waals surface area contributed by atoms with Crippen LogP contribution in [-0.2, 0) is 0 Å². The Balaban J connectivity index is 0.617. The molecule has 442 valence electrons. The molecule has 0 bridgehead atoms. The summed E-state index contributed by atoms with van der Waals surface area (Å²) < 4.78 is 34.1. The summed E-state index contributed by atoms with van der Waals surface area (Å²) in [6.45, 7) is 0. The van der Waals surface area contributed by atoms with Gasteiger partial charge in [-0.1, -0.05) is 115 Å². The molecule has 0 amide bonds. The Morgan fingerprint density at radius 1 is 0.223 bits per heavy atom. The number of furan rings is 1. The number of hydrogen-bond donors (Lipinski definition) is 0. The van der Waals surface area contributed by atoms with Crippen LogP contribution in [0.4, 0.5) is 34.1 Å². The monoisotopic (exact) mass is 1210 g/mol. The van der Waals surface area contributed by atoms with E-state index in [1.807, 2.05) is 121 Å². The lowest BCUT2D eigenvalue weighted by molar-refractivity contribution is 0.617. The van der Waals surface area contributed by atoms with Crippen LogP contribution in [0.1, 0.15) is 0 Å². The maximum atomic E-state index is 6.52. The van der Waals surface area contributed by atoms with E-state index in [0.29, 0.717) is 56.9 Å². The van der Waals surface area contributed by atoms with E-state index in [0.717, 1.165) is 128 Å². The van der Waals surface area contributed by atoms with Gasteiger partial charge in [0.25, 0.3) is 0 Å². The van der Waals surface area contributed by atoms with E-state index < -0.39 is 0 Å². The molecule has 0 aliphatic heterocycles. The highest BCUT2D eigenvalue weighted by molar-refractivity contribution is 6.12. The molecular formula is C82H49N7O5. The minimum Gasteiger partial charge on any atom is -0.456 e. The van der Waals surface area contributed by atoms with Crippen molar-refractivity contribution < 1.29 is 22.1 Å². The van der Waals surface area contributed by atoms with Crippen molar-refractivity contribution in [2.45, 2.75) is 0 Å².